The van der Waals surface area contributed by atoms with E-state index in [0.29, 0.717) is 23.6 Å². The van der Waals surface area contributed by atoms with E-state index in [2.05, 4.69) is 0 Å². The third-order valence-electron chi connectivity index (χ3n) is 9.62. The number of rotatable bonds is 6. The fourth-order valence-corrected chi connectivity index (χ4v) is 7.64. The van der Waals surface area contributed by atoms with E-state index in [0.717, 1.165) is 24.8 Å². The number of esters is 1. The Balaban J connectivity index is 1.73. The molecule has 0 bridgehead atoms. The Bertz CT molecular complexity index is 1240. The summed E-state index contributed by atoms with van der Waals surface area (Å²) in [4.78, 5) is 46.5. The van der Waals surface area contributed by atoms with Crippen molar-refractivity contribution in [2.45, 2.75) is 83.1 Å². The van der Waals surface area contributed by atoms with E-state index < -0.39 is 41.1 Å². The summed E-state index contributed by atoms with van der Waals surface area (Å²) in [5.74, 6) is -3.24. The number of allylic oxidation sites excluding steroid dienone is 1. The molecule has 2 fully saturated rings. The Labute approximate surface area is 247 Å². The second-order valence-corrected chi connectivity index (χ2v) is 12.2. The molecule has 1 aromatic carbocycles. The molecule has 8 nitrogen and oxygen atoms in total. The Kier molecular flexibility index (Phi) is 8.39. The van der Waals surface area contributed by atoms with Crippen LogP contribution in [0.4, 0.5) is 5.69 Å². The normalized spacial score (nSPS) is 33.9. The van der Waals surface area contributed by atoms with E-state index in [1.165, 1.54) is 4.90 Å². The number of benzene rings is 1. The Morgan fingerprint density at radius 1 is 1.10 bits per heavy atom. The first kappa shape index (κ1) is 29.8. The lowest BCUT2D eigenvalue weighted by molar-refractivity contribution is -0.162. The molecule has 9 heteroatoms. The lowest BCUT2D eigenvalue weighted by atomic mass is 9.73. The van der Waals surface area contributed by atoms with Gasteiger partial charge in [-0.3, -0.25) is 14.4 Å². The second kappa shape index (κ2) is 11.5. The Hall–Kier alpha value is -2.68. The molecular weight excluding hydrogens is 544 g/mol. The zero-order valence-electron chi connectivity index (χ0n) is 24.3. The zero-order chi connectivity index (χ0) is 29.5. The fourth-order valence-electron chi connectivity index (χ4n) is 7.31. The number of aliphatic hydroxyl groups excluding tert-OH is 1. The maximum absolute atomic E-state index is 14.8. The van der Waals surface area contributed by atoms with Crippen LogP contribution in [0.5, 0.6) is 0 Å². The molecule has 2 saturated heterocycles. The van der Waals surface area contributed by atoms with Crippen molar-refractivity contribution in [2.24, 2.45) is 17.8 Å². The van der Waals surface area contributed by atoms with Crippen molar-refractivity contribution in [1.82, 2.24) is 4.90 Å². The molecule has 4 aliphatic heterocycles. The van der Waals surface area contributed by atoms with Crippen LogP contribution in [0.1, 0.15) is 58.4 Å². The molecule has 0 radical (unpaired) electrons. The molecule has 1 N–H and O–H groups in total. The molecule has 222 valence electrons. The summed E-state index contributed by atoms with van der Waals surface area (Å²) in [7, 11) is 0. The van der Waals surface area contributed by atoms with Gasteiger partial charge in [-0.15, -0.1) is 0 Å². The monoisotopic (exact) mass is 584 g/mol. The number of hydrogen-bond acceptors (Lipinski definition) is 6. The first-order valence-corrected chi connectivity index (χ1v) is 15.3. The average molecular weight is 585 g/mol. The number of halogens is 1. The molecule has 1 unspecified atom stereocenters. The molecule has 2 amide bonds. The topological polar surface area (TPSA) is 96.4 Å². The third kappa shape index (κ3) is 4.63. The molecule has 0 aromatic heterocycles. The number of para-hydroxylation sites is 1. The van der Waals surface area contributed by atoms with E-state index in [4.69, 9.17) is 21.1 Å². The van der Waals surface area contributed by atoms with Gasteiger partial charge < -0.3 is 24.4 Å². The SMILES string of the molecule is CC[C@H](C)[C@H](CO)N1C(=O)[C@@H]2[C@H]3C(=O)OCCCC/C=C\[C@@]3(CC)O[C@@]23C=CCN(c2c(C)cccc2Cl)C(=O)C13. The van der Waals surface area contributed by atoms with Crippen molar-refractivity contribution >= 4 is 35.1 Å². The predicted octanol–water partition coefficient (Wildman–Crippen LogP) is 4.60. The van der Waals surface area contributed by atoms with Gasteiger partial charge in [-0.2, -0.15) is 0 Å². The van der Waals surface area contributed by atoms with Gasteiger partial charge in [-0.05, 0) is 50.2 Å². The maximum atomic E-state index is 14.8. The Morgan fingerprint density at radius 3 is 2.56 bits per heavy atom. The molecular formula is C32H41ClN2O6. The number of cyclic esters (lactones) is 1. The molecule has 41 heavy (non-hydrogen) atoms. The standard InChI is InChI=1S/C32H41ClN2O6/c1-5-20(3)23(19-36)35-27-29(38)34(26-21(4)13-11-14-22(26)33)17-12-16-32(27)24(28(35)37)25-30(39)40-18-10-8-7-9-15-31(25,6-2)41-32/h9,11-16,20,23-25,27,36H,5-8,10,17-19H2,1-4H3/b15-9-/t20-,23-,24-,25-,27?,31+,32-/m0/s1. The van der Waals surface area contributed by atoms with Crippen molar-refractivity contribution in [3.8, 4) is 0 Å². The van der Waals surface area contributed by atoms with Crippen molar-refractivity contribution in [3.05, 3.63) is 53.1 Å². The minimum absolute atomic E-state index is 0.109. The smallest absolute Gasteiger partial charge is 0.313 e. The zero-order valence-corrected chi connectivity index (χ0v) is 25.1. The number of likely N-dealkylation sites (tertiary alicyclic amines) is 1. The predicted molar refractivity (Wildman–Crippen MR) is 156 cm³/mol. The number of hydrogen-bond donors (Lipinski definition) is 1. The van der Waals surface area contributed by atoms with Crippen LogP contribution < -0.4 is 4.90 Å². The van der Waals surface area contributed by atoms with Gasteiger partial charge in [-0.25, -0.2) is 0 Å². The van der Waals surface area contributed by atoms with Crippen molar-refractivity contribution in [2.75, 3.05) is 24.7 Å². The summed E-state index contributed by atoms with van der Waals surface area (Å²) in [6.45, 7) is 7.93. The van der Waals surface area contributed by atoms with Gasteiger partial charge in [0.25, 0.3) is 5.91 Å². The van der Waals surface area contributed by atoms with Gasteiger partial charge in [0.15, 0.2) is 0 Å². The molecule has 5 rings (SSSR count). The highest BCUT2D eigenvalue weighted by atomic mass is 35.5. The van der Waals surface area contributed by atoms with Crippen molar-refractivity contribution in [1.29, 1.82) is 0 Å². The molecule has 4 aliphatic rings. The summed E-state index contributed by atoms with van der Waals surface area (Å²) in [5.41, 5.74) is -1.16. The molecule has 0 aliphatic carbocycles. The van der Waals surface area contributed by atoms with E-state index in [1.54, 1.807) is 11.0 Å². The number of ether oxygens (including phenoxy) is 2. The van der Waals surface area contributed by atoms with Gasteiger partial charge >= 0.3 is 5.97 Å². The summed E-state index contributed by atoms with van der Waals surface area (Å²) < 4.78 is 12.8. The van der Waals surface area contributed by atoms with Crippen LogP contribution in [0.2, 0.25) is 5.02 Å². The quantitative estimate of drug-likeness (QED) is 0.388. The first-order valence-electron chi connectivity index (χ1n) is 14.9. The summed E-state index contributed by atoms with van der Waals surface area (Å²) in [6.07, 6.45) is 11.1. The van der Waals surface area contributed by atoms with Gasteiger partial charge in [0, 0.05) is 6.54 Å². The summed E-state index contributed by atoms with van der Waals surface area (Å²) in [5, 5.41) is 11.0. The third-order valence-corrected chi connectivity index (χ3v) is 9.93. The molecule has 0 saturated carbocycles. The van der Waals surface area contributed by atoms with E-state index in [1.807, 2.05) is 64.1 Å². The minimum Gasteiger partial charge on any atom is -0.465 e. The van der Waals surface area contributed by atoms with Crippen LogP contribution >= 0.6 is 11.6 Å². The Morgan fingerprint density at radius 2 is 1.88 bits per heavy atom. The highest BCUT2D eigenvalue weighted by Crippen LogP contribution is 2.59. The number of anilines is 1. The van der Waals surface area contributed by atoms with Crippen molar-refractivity contribution < 1.29 is 29.0 Å². The number of aliphatic hydroxyl groups is 1. The minimum atomic E-state index is -1.43. The van der Waals surface area contributed by atoms with E-state index in [-0.39, 0.29) is 37.5 Å². The maximum Gasteiger partial charge on any atom is 0.313 e. The molecule has 7 atom stereocenters. The number of nitrogens with zero attached hydrogens (tertiary/aromatic N) is 2. The van der Waals surface area contributed by atoms with Crippen LogP contribution in [0.15, 0.2) is 42.5 Å². The first-order chi connectivity index (χ1) is 19.7. The van der Waals surface area contributed by atoms with Crippen molar-refractivity contribution in [3.63, 3.8) is 0 Å². The highest BCUT2D eigenvalue weighted by molar-refractivity contribution is 6.34. The van der Waals surface area contributed by atoms with Gasteiger partial charge in [0.2, 0.25) is 5.91 Å². The lowest BCUT2D eigenvalue weighted by Crippen LogP contribution is -2.60. The molecule has 1 aromatic rings. The number of carbonyl (C=O) groups is 3. The highest BCUT2D eigenvalue weighted by Gasteiger charge is 2.76. The number of fused-ring (bicyclic) bond motifs is 2. The number of amides is 2. The number of aryl methyl sites for hydroxylation is 1. The fraction of sp³-hybridized carbons (Fsp3) is 0.594. The van der Waals surface area contributed by atoms with Crippen LogP contribution in [-0.4, -0.2) is 70.8 Å². The second-order valence-electron chi connectivity index (χ2n) is 11.8. The van der Waals surface area contributed by atoms with Gasteiger partial charge in [0.1, 0.15) is 23.2 Å². The van der Waals surface area contributed by atoms with Gasteiger partial charge in [-0.1, -0.05) is 75.2 Å². The number of carbonyl (C=O) groups excluding carboxylic acids is 3. The van der Waals surface area contributed by atoms with E-state index in [9.17, 15) is 19.5 Å². The van der Waals surface area contributed by atoms with Crippen LogP contribution in [-0.2, 0) is 23.9 Å². The molecule has 4 heterocycles. The average Bonchev–Trinajstić information content (AvgIpc) is 3.31. The van der Waals surface area contributed by atoms with Gasteiger partial charge in [0.05, 0.1) is 35.9 Å². The van der Waals surface area contributed by atoms with Crippen LogP contribution in [0.3, 0.4) is 0 Å². The summed E-state index contributed by atoms with van der Waals surface area (Å²) >= 11 is 6.65. The van der Waals surface area contributed by atoms with Crippen LogP contribution in [0.25, 0.3) is 0 Å². The summed E-state index contributed by atoms with van der Waals surface area (Å²) in [6, 6.07) is 3.71. The van der Waals surface area contributed by atoms with Crippen LogP contribution in [0, 0.1) is 24.7 Å². The lowest BCUT2D eigenvalue weighted by Gasteiger charge is -2.42. The molecule has 1 spiro atoms. The van der Waals surface area contributed by atoms with E-state index >= 15 is 0 Å². The largest absolute Gasteiger partial charge is 0.465 e.